The van der Waals surface area contributed by atoms with Crippen molar-refractivity contribution in [3.63, 3.8) is 0 Å². The van der Waals surface area contributed by atoms with Crippen LogP contribution in [0.5, 0.6) is 0 Å². The summed E-state index contributed by atoms with van der Waals surface area (Å²) >= 11 is 1.54. The molecule has 1 atom stereocenters. The second-order valence-corrected chi connectivity index (χ2v) is 6.92. The monoisotopic (exact) mass is 376 g/mol. The van der Waals surface area contributed by atoms with Gasteiger partial charge in [0.15, 0.2) is 0 Å². The molecule has 1 unspecified atom stereocenters. The van der Waals surface area contributed by atoms with Crippen molar-refractivity contribution in [1.29, 1.82) is 0 Å². The number of aryl methyl sites for hydroxylation is 1. The number of hydrogen-bond donors (Lipinski definition) is 1. The second-order valence-electron chi connectivity index (χ2n) is 6.03. The summed E-state index contributed by atoms with van der Waals surface area (Å²) in [6.07, 6.45) is 0.913. The van der Waals surface area contributed by atoms with Crippen LogP contribution in [0, 0.1) is 0 Å². The molecule has 140 valence electrons. The van der Waals surface area contributed by atoms with E-state index < -0.39 is 5.97 Å². The average Bonchev–Trinajstić information content (AvgIpc) is 3.08. The molecule has 1 N–H and O–H groups in total. The molecule has 1 aromatic carbocycles. The van der Waals surface area contributed by atoms with Crippen molar-refractivity contribution in [2.24, 2.45) is 0 Å². The number of ether oxygens (including phenoxy) is 1. The highest BCUT2D eigenvalue weighted by Crippen LogP contribution is 2.21. The maximum absolute atomic E-state index is 12.3. The number of thiazole rings is 1. The Kier molecular flexibility index (Phi) is 7.29. The maximum atomic E-state index is 12.3. The van der Waals surface area contributed by atoms with Gasteiger partial charge in [-0.3, -0.25) is 4.79 Å². The number of carbonyl (C=O) groups is 2. The molecule has 1 amide bonds. The van der Waals surface area contributed by atoms with E-state index in [1.807, 2.05) is 19.2 Å². The molecule has 0 saturated heterocycles. The second kappa shape index (κ2) is 9.45. The molecule has 0 fully saturated rings. The van der Waals surface area contributed by atoms with Gasteiger partial charge in [0.1, 0.15) is 11.1 Å². The third-order valence-electron chi connectivity index (χ3n) is 3.99. The van der Waals surface area contributed by atoms with Crippen LogP contribution in [0.4, 0.5) is 0 Å². The van der Waals surface area contributed by atoms with Crippen LogP contribution >= 0.6 is 11.3 Å². The highest BCUT2D eigenvalue weighted by molar-refractivity contribution is 7.09. The van der Waals surface area contributed by atoms with Crippen molar-refractivity contribution in [2.75, 3.05) is 13.7 Å². The predicted molar refractivity (Wildman–Crippen MR) is 100 cm³/mol. The van der Waals surface area contributed by atoms with Crippen LogP contribution in [0.25, 0.3) is 0 Å². The van der Waals surface area contributed by atoms with Crippen molar-refractivity contribution in [3.05, 3.63) is 51.5 Å². The molecule has 7 heteroatoms. The summed E-state index contributed by atoms with van der Waals surface area (Å²) in [5.41, 5.74) is 2.05. The molecule has 0 aliphatic heterocycles. The van der Waals surface area contributed by atoms with Crippen LogP contribution in [-0.4, -0.2) is 40.5 Å². The number of rotatable bonds is 9. The largest absolute Gasteiger partial charge is 0.478 e. The first-order valence-corrected chi connectivity index (χ1v) is 9.40. The molecule has 0 bridgehead atoms. The Balaban J connectivity index is 1.84. The van der Waals surface area contributed by atoms with Crippen LogP contribution < -0.4 is 0 Å². The Morgan fingerprint density at radius 2 is 2.00 bits per heavy atom. The van der Waals surface area contributed by atoms with Gasteiger partial charge < -0.3 is 14.7 Å². The van der Waals surface area contributed by atoms with Crippen LogP contribution in [-0.2, 0) is 22.5 Å². The lowest BCUT2D eigenvalue weighted by Gasteiger charge is -2.16. The summed E-state index contributed by atoms with van der Waals surface area (Å²) < 4.78 is 5.53. The number of carboxylic acids is 1. The van der Waals surface area contributed by atoms with Crippen LogP contribution in [0.1, 0.15) is 53.0 Å². The van der Waals surface area contributed by atoms with Crippen molar-refractivity contribution in [2.45, 2.75) is 39.3 Å². The number of benzene rings is 1. The Morgan fingerprint density at radius 3 is 2.62 bits per heavy atom. The summed E-state index contributed by atoms with van der Waals surface area (Å²) in [4.78, 5) is 29.4. The topological polar surface area (TPSA) is 79.7 Å². The van der Waals surface area contributed by atoms with Crippen LogP contribution in [0.3, 0.4) is 0 Å². The van der Waals surface area contributed by atoms with Crippen molar-refractivity contribution in [3.8, 4) is 0 Å². The van der Waals surface area contributed by atoms with E-state index in [1.54, 1.807) is 47.5 Å². The van der Waals surface area contributed by atoms with Gasteiger partial charge in [-0.25, -0.2) is 9.78 Å². The predicted octanol–water partition coefficient (Wildman–Crippen LogP) is 3.53. The fraction of sp³-hybridized carbons (Fsp3) is 0.421. The molecule has 2 aromatic rings. The number of aromatic carboxylic acids is 1. The van der Waals surface area contributed by atoms with E-state index in [4.69, 9.17) is 9.84 Å². The molecule has 1 aromatic heterocycles. The molecule has 1 heterocycles. The maximum Gasteiger partial charge on any atom is 0.335 e. The zero-order chi connectivity index (χ0) is 19.1. The standard InChI is InChI=1S/C19H24N2O4S/c1-4-25-13(2)18-20-16(12-26-18)11-21(3)17(22)10-7-14-5-8-15(9-6-14)19(23)24/h5-6,8-9,12-13H,4,7,10-11H2,1-3H3,(H,23,24). The zero-order valence-electron chi connectivity index (χ0n) is 15.3. The smallest absolute Gasteiger partial charge is 0.335 e. The average molecular weight is 376 g/mol. The summed E-state index contributed by atoms with van der Waals surface area (Å²) in [6, 6.07) is 6.61. The number of hydrogen-bond acceptors (Lipinski definition) is 5. The summed E-state index contributed by atoms with van der Waals surface area (Å²) in [7, 11) is 1.76. The number of aromatic nitrogens is 1. The third kappa shape index (κ3) is 5.64. The van der Waals surface area contributed by atoms with Crippen molar-refractivity contribution >= 4 is 23.2 Å². The molecular weight excluding hydrogens is 352 g/mol. The molecule has 26 heavy (non-hydrogen) atoms. The van der Waals surface area contributed by atoms with Crippen LogP contribution in [0.15, 0.2) is 29.6 Å². The fourth-order valence-corrected chi connectivity index (χ4v) is 3.30. The fourth-order valence-electron chi connectivity index (χ4n) is 2.49. The highest BCUT2D eigenvalue weighted by Gasteiger charge is 2.14. The third-order valence-corrected chi connectivity index (χ3v) is 5.04. The summed E-state index contributed by atoms with van der Waals surface area (Å²) in [6.45, 7) is 5.03. The zero-order valence-corrected chi connectivity index (χ0v) is 16.1. The minimum absolute atomic E-state index is 0.0275. The molecule has 0 aliphatic rings. The number of nitrogens with zero attached hydrogens (tertiary/aromatic N) is 2. The van der Waals surface area contributed by atoms with Gasteiger partial charge in [0, 0.05) is 25.5 Å². The lowest BCUT2D eigenvalue weighted by molar-refractivity contribution is -0.130. The lowest BCUT2D eigenvalue weighted by Crippen LogP contribution is -2.26. The van der Waals surface area contributed by atoms with E-state index in [0.717, 1.165) is 16.3 Å². The number of carboxylic acid groups (broad SMARTS) is 1. The quantitative estimate of drug-likeness (QED) is 0.724. The molecule has 6 nitrogen and oxygen atoms in total. The van der Waals surface area contributed by atoms with E-state index in [2.05, 4.69) is 4.98 Å². The SMILES string of the molecule is CCOC(C)c1nc(CN(C)C(=O)CCc2ccc(C(=O)O)cc2)cs1. The van der Waals surface area contributed by atoms with Gasteiger partial charge in [0.2, 0.25) is 5.91 Å². The minimum atomic E-state index is -0.950. The van der Waals surface area contributed by atoms with Gasteiger partial charge in [0.05, 0.1) is 17.8 Å². The first kappa shape index (κ1) is 20.1. The Labute approximate surface area is 157 Å². The van der Waals surface area contributed by atoms with E-state index in [0.29, 0.717) is 26.0 Å². The normalized spacial score (nSPS) is 12.0. The molecule has 0 radical (unpaired) electrons. The van der Waals surface area contributed by atoms with Crippen molar-refractivity contribution < 1.29 is 19.4 Å². The van der Waals surface area contributed by atoms with Crippen LogP contribution in [0.2, 0.25) is 0 Å². The first-order chi connectivity index (χ1) is 12.4. The first-order valence-electron chi connectivity index (χ1n) is 8.52. The Bertz CT molecular complexity index is 742. The molecule has 0 aliphatic carbocycles. The minimum Gasteiger partial charge on any atom is -0.478 e. The van der Waals surface area contributed by atoms with Gasteiger partial charge in [-0.1, -0.05) is 12.1 Å². The molecule has 0 spiro atoms. The van der Waals surface area contributed by atoms with E-state index in [-0.39, 0.29) is 17.6 Å². The van der Waals surface area contributed by atoms with Gasteiger partial charge >= 0.3 is 5.97 Å². The number of carbonyl (C=O) groups excluding carboxylic acids is 1. The Hall–Kier alpha value is -2.25. The Morgan fingerprint density at radius 1 is 1.31 bits per heavy atom. The molecule has 0 saturated carbocycles. The van der Waals surface area contributed by atoms with Gasteiger partial charge in [-0.05, 0) is 38.0 Å². The lowest BCUT2D eigenvalue weighted by atomic mass is 10.1. The van der Waals surface area contributed by atoms with E-state index in [9.17, 15) is 9.59 Å². The van der Waals surface area contributed by atoms with Gasteiger partial charge in [-0.15, -0.1) is 11.3 Å². The van der Waals surface area contributed by atoms with E-state index >= 15 is 0 Å². The number of amides is 1. The summed E-state index contributed by atoms with van der Waals surface area (Å²) in [5, 5.41) is 11.8. The van der Waals surface area contributed by atoms with Gasteiger partial charge in [-0.2, -0.15) is 0 Å². The van der Waals surface area contributed by atoms with Crippen molar-refractivity contribution in [1.82, 2.24) is 9.88 Å². The molecular formula is C19H24N2O4S. The van der Waals surface area contributed by atoms with E-state index in [1.165, 1.54) is 0 Å². The highest BCUT2D eigenvalue weighted by atomic mass is 32.1. The summed E-state index contributed by atoms with van der Waals surface area (Å²) in [5.74, 6) is -0.923. The van der Waals surface area contributed by atoms with Gasteiger partial charge in [0.25, 0.3) is 0 Å². The molecule has 2 rings (SSSR count).